The number of ether oxygens (including phenoxy) is 2. The van der Waals surface area contributed by atoms with E-state index in [-0.39, 0.29) is 24.0 Å². The van der Waals surface area contributed by atoms with E-state index < -0.39 is 28.1 Å². The van der Waals surface area contributed by atoms with Crippen LogP contribution in [0.2, 0.25) is 0 Å². The molecule has 0 radical (unpaired) electrons. The van der Waals surface area contributed by atoms with E-state index in [0.29, 0.717) is 18.7 Å². The number of aromatic nitrogens is 1. The first-order valence-electron chi connectivity index (χ1n) is 11.9. The van der Waals surface area contributed by atoms with Crippen LogP contribution in [0.3, 0.4) is 0 Å². The Morgan fingerprint density at radius 1 is 1.06 bits per heavy atom. The number of benzene rings is 1. The average molecular weight is 489 g/mol. The maximum absolute atomic E-state index is 13.3. The molecule has 8 heteroatoms. The lowest BCUT2D eigenvalue weighted by atomic mass is 9.72. The van der Waals surface area contributed by atoms with Crippen molar-refractivity contribution < 1.29 is 23.3 Å². The highest BCUT2D eigenvalue weighted by Crippen LogP contribution is 2.46. The highest BCUT2D eigenvalue weighted by molar-refractivity contribution is 7.84. The Morgan fingerprint density at radius 3 is 2.32 bits per heavy atom. The molecule has 1 fully saturated rings. The van der Waals surface area contributed by atoms with Crippen molar-refractivity contribution >= 4 is 33.9 Å². The Morgan fingerprint density at radius 2 is 1.71 bits per heavy atom. The fourth-order valence-electron chi connectivity index (χ4n) is 5.34. The van der Waals surface area contributed by atoms with Crippen molar-refractivity contribution in [2.45, 2.75) is 77.5 Å². The summed E-state index contributed by atoms with van der Waals surface area (Å²) in [7, 11) is -0.961. The van der Waals surface area contributed by atoms with Crippen LogP contribution in [-0.2, 0) is 26.7 Å². The second kappa shape index (κ2) is 8.70. The van der Waals surface area contributed by atoms with Crippen LogP contribution in [0.5, 0.6) is 0 Å². The Labute approximate surface area is 204 Å². The van der Waals surface area contributed by atoms with Crippen LogP contribution in [0, 0.1) is 5.92 Å². The first-order valence-corrected chi connectivity index (χ1v) is 13.6. The quantitative estimate of drug-likeness (QED) is 0.590. The van der Waals surface area contributed by atoms with Gasteiger partial charge in [-0.2, -0.15) is 0 Å². The molecule has 0 bridgehead atoms. The van der Waals surface area contributed by atoms with Gasteiger partial charge >= 0.3 is 12.2 Å². The van der Waals surface area contributed by atoms with E-state index in [0.717, 1.165) is 28.5 Å². The van der Waals surface area contributed by atoms with Gasteiger partial charge in [0.25, 0.3) is 0 Å². The first kappa shape index (κ1) is 24.8. The molecule has 1 amide bonds. The Bertz CT molecular complexity index is 1140. The lowest BCUT2D eigenvalue weighted by Crippen LogP contribution is -2.54. The standard InChI is InChI=1S/C26H36N2O5S/c1-25(2,3)32-23(29)27-13-16(15-34(7)31)11-19-18-9-8-10-20-22(18)17(12-21(19)27)14-28(20)24(30)33-26(4,5)6/h8-10,14,16,19,21H,11-13,15H2,1-7H3/t16-,19-,21-,34-/m1/s1. The van der Waals surface area contributed by atoms with Crippen molar-refractivity contribution in [2.75, 3.05) is 18.6 Å². The van der Waals surface area contributed by atoms with Gasteiger partial charge in [0.1, 0.15) is 11.2 Å². The SMILES string of the molecule is C[S@@](=O)C[C@@H]1C[C@@H]2c3cccc4c3c(cn4C(=O)OC(C)(C)C)C[C@H]2N(C(=O)OC(C)(C)C)C1. The number of hydrogen-bond acceptors (Lipinski definition) is 5. The fourth-order valence-corrected chi connectivity index (χ4v) is 6.25. The van der Waals surface area contributed by atoms with E-state index >= 15 is 0 Å². The number of nitrogens with zero attached hydrogens (tertiary/aromatic N) is 2. The van der Waals surface area contributed by atoms with Crippen molar-refractivity contribution in [3.63, 3.8) is 0 Å². The van der Waals surface area contributed by atoms with Gasteiger partial charge in [-0.3, -0.25) is 8.78 Å². The van der Waals surface area contributed by atoms with Crippen LogP contribution in [0.15, 0.2) is 24.4 Å². The predicted octanol–water partition coefficient (Wildman–Crippen LogP) is 5.07. The van der Waals surface area contributed by atoms with Crippen LogP contribution in [0.1, 0.15) is 65.0 Å². The lowest BCUT2D eigenvalue weighted by molar-refractivity contribution is -0.000299. The fraction of sp³-hybridized carbons (Fsp3) is 0.615. The van der Waals surface area contributed by atoms with Crippen LogP contribution < -0.4 is 0 Å². The molecular weight excluding hydrogens is 452 g/mol. The van der Waals surface area contributed by atoms with Gasteiger partial charge in [0.2, 0.25) is 0 Å². The molecule has 1 aromatic heterocycles. The van der Waals surface area contributed by atoms with Crippen LogP contribution in [0.25, 0.3) is 10.9 Å². The number of piperidine rings is 1. The molecule has 0 unspecified atom stereocenters. The first-order chi connectivity index (χ1) is 15.7. The summed E-state index contributed by atoms with van der Waals surface area (Å²) in [6, 6.07) is 5.92. The number of carbonyl (C=O) groups is 2. The summed E-state index contributed by atoms with van der Waals surface area (Å²) in [6.07, 6.45) is 4.31. The molecule has 186 valence electrons. The van der Waals surface area contributed by atoms with Gasteiger partial charge in [0.15, 0.2) is 0 Å². The normalized spacial score (nSPS) is 23.4. The highest BCUT2D eigenvalue weighted by atomic mass is 32.2. The number of rotatable bonds is 2. The molecule has 2 aromatic rings. The maximum Gasteiger partial charge on any atom is 0.419 e. The van der Waals surface area contributed by atoms with Gasteiger partial charge < -0.3 is 14.4 Å². The lowest BCUT2D eigenvalue weighted by Gasteiger charge is -2.47. The molecule has 0 saturated carbocycles. The molecule has 0 N–H and O–H groups in total. The third-order valence-corrected chi connectivity index (χ3v) is 7.31. The number of carbonyl (C=O) groups excluding carboxylic acids is 2. The third-order valence-electron chi connectivity index (χ3n) is 6.36. The largest absolute Gasteiger partial charge is 0.444 e. The number of amides is 1. The number of likely N-dealkylation sites (tertiary alicyclic amines) is 1. The zero-order chi connectivity index (χ0) is 25.0. The van der Waals surface area contributed by atoms with Crippen LogP contribution in [-0.4, -0.2) is 61.7 Å². The van der Waals surface area contributed by atoms with Crippen molar-refractivity contribution in [2.24, 2.45) is 5.92 Å². The van der Waals surface area contributed by atoms with Crippen LogP contribution in [0.4, 0.5) is 9.59 Å². The predicted molar refractivity (Wildman–Crippen MR) is 134 cm³/mol. The maximum atomic E-state index is 13.3. The number of fused-ring (bicyclic) bond motifs is 2. The van der Waals surface area contributed by atoms with Gasteiger partial charge in [0.05, 0.1) is 5.52 Å². The molecule has 2 heterocycles. The minimum Gasteiger partial charge on any atom is -0.444 e. The molecule has 2 aliphatic rings. The molecule has 4 rings (SSSR count). The van der Waals surface area contributed by atoms with Crippen molar-refractivity contribution in [1.29, 1.82) is 0 Å². The summed E-state index contributed by atoms with van der Waals surface area (Å²) in [5.74, 6) is 0.745. The molecule has 0 spiro atoms. The molecule has 1 aromatic carbocycles. The van der Waals surface area contributed by atoms with Crippen molar-refractivity contribution in [3.8, 4) is 0 Å². The van der Waals surface area contributed by atoms with E-state index in [1.54, 1.807) is 10.8 Å². The van der Waals surface area contributed by atoms with E-state index in [4.69, 9.17) is 9.47 Å². The molecule has 1 saturated heterocycles. The van der Waals surface area contributed by atoms with Gasteiger partial charge in [-0.15, -0.1) is 0 Å². The summed E-state index contributed by atoms with van der Waals surface area (Å²) in [6.45, 7) is 11.7. The van der Waals surface area contributed by atoms with Gasteiger partial charge in [-0.05, 0) is 77.5 Å². The minimum absolute atomic E-state index is 0.0796. The molecule has 1 aliphatic carbocycles. The highest BCUT2D eigenvalue weighted by Gasteiger charge is 2.44. The van der Waals surface area contributed by atoms with Gasteiger partial charge in [0, 0.05) is 52.9 Å². The monoisotopic (exact) mass is 488 g/mol. The van der Waals surface area contributed by atoms with E-state index in [1.165, 1.54) is 0 Å². The second-order valence-corrected chi connectivity index (χ2v) is 13.1. The minimum atomic E-state index is -0.961. The summed E-state index contributed by atoms with van der Waals surface area (Å²) >= 11 is 0. The second-order valence-electron chi connectivity index (χ2n) is 11.6. The summed E-state index contributed by atoms with van der Waals surface area (Å²) < 4.78 is 25.1. The molecule has 1 aliphatic heterocycles. The van der Waals surface area contributed by atoms with E-state index in [1.807, 2.05) is 64.8 Å². The smallest absolute Gasteiger partial charge is 0.419 e. The topological polar surface area (TPSA) is 77.8 Å². The summed E-state index contributed by atoms with van der Waals surface area (Å²) in [4.78, 5) is 28.1. The van der Waals surface area contributed by atoms with Gasteiger partial charge in [-0.1, -0.05) is 12.1 Å². The Hall–Kier alpha value is -2.35. The van der Waals surface area contributed by atoms with E-state index in [9.17, 15) is 13.8 Å². The average Bonchev–Trinajstić information content (AvgIpc) is 3.05. The molecule has 7 nitrogen and oxygen atoms in total. The summed E-state index contributed by atoms with van der Waals surface area (Å²) in [5.41, 5.74) is 1.78. The zero-order valence-corrected chi connectivity index (χ0v) is 22.0. The number of hydrogen-bond donors (Lipinski definition) is 0. The van der Waals surface area contributed by atoms with Gasteiger partial charge in [-0.25, -0.2) is 9.59 Å². The third kappa shape index (κ3) is 5.02. The van der Waals surface area contributed by atoms with Crippen molar-refractivity contribution in [1.82, 2.24) is 9.47 Å². The van der Waals surface area contributed by atoms with E-state index in [2.05, 4.69) is 6.07 Å². The van der Waals surface area contributed by atoms with Crippen molar-refractivity contribution in [3.05, 3.63) is 35.5 Å². The zero-order valence-electron chi connectivity index (χ0n) is 21.2. The Kier molecular flexibility index (Phi) is 6.34. The molecule has 4 atom stereocenters. The molecular formula is C26H36N2O5S. The van der Waals surface area contributed by atoms with Crippen LogP contribution >= 0.6 is 0 Å². The summed E-state index contributed by atoms with van der Waals surface area (Å²) in [5, 5.41) is 1.07. The molecule has 34 heavy (non-hydrogen) atoms. The Balaban J connectivity index is 1.77.